The average molecular weight is 257 g/mol. The van der Waals surface area contributed by atoms with E-state index >= 15 is 0 Å². The van der Waals surface area contributed by atoms with Gasteiger partial charge in [0.2, 0.25) is 11.8 Å². The second-order valence-electron chi connectivity index (χ2n) is 4.55. The number of nitrogens with one attached hydrogen (secondary N) is 2. The van der Waals surface area contributed by atoms with Gasteiger partial charge in [-0.1, -0.05) is 0 Å². The lowest BCUT2D eigenvalue weighted by Gasteiger charge is -2.11. The number of benzene rings is 1. The van der Waals surface area contributed by atoms with Crippen LogP contribution in [0.4, 0.5) is 5.69 Å². The molecule has 2 N–H and O–H groups in total. The number of carbonyl (C=O) groups excluding carboxylic acids is 1. The van der Waals surface area contributed by atoms with Crippen LogP contribution in [0.1, 0.15) is 12.8 Å². The molecule has 0 saturated carbocycles. The van der Waals surface area contributed by atoms with Gasteiger partial charge >= 0.3 is 0 Å². The van der Waals surface area contributed by atoms with Gasteiger partial charge in [-0.2, -0.15) is 0 Å². The van der Waals surface area contributed by atoms with E-state index in [1.165, 1.54) is 6.26 Å². The van der Waals surface area contributed by atoms with Crippen molar-refractivity contribution >= 4 is 11.6 Å². The topological polar surface area (TPSA) is 67.2 Å². The summed E-state index contributed by atoms with van der Waals surface area (Å²) >= 11 is 0. The van der Waals surface area contributed by atoms with Gasteiger partial charge in [0.15, 0.2) is 0 Å². The van der Waals surface area contributed by atoms with Gasteiger partial charge in [-0.15, -0.1) is 0 Å². The summed E-state index contributed by atoms with van der Waals surface area (Å²) in [5, 5.41) is 6.08. The fraction of sp³-hybridized carbons (Fsp3) is 0.286. The largest absolute Gasteiger partial charge is 0.445 e. The van der Waals surface area contributed by atoms with Crippen LogP contribution in [-0.2, 0) is 4.79 Å². The summed E-state index contributed by atoms with van der Waals surface area (Å²) in [5.41, 5.74) is 1.68. The Bertz CT molecular complexity index is 543. The molecule has 5 heteroatoms. The third-order valence-electron chi connectivity index (χ3n) is 3.21. The normalized spacial score (nSPS) is 18.4. The molecule has 0 radical (unpaired) electrons. The highest BCUT2D eigenvalue weighted by molar-refractivity contribution is 5.95. The SMILES string of the molecule is O=C(Nc1ccc(-c2ncco2)cc1)[C@H]1CCCN1. The minimum Gasteiger partial charge on any atom is -0.445 e. The summed E-state index contributed by atoms with van der Waals surface area (Å²) in [7, 11) is 0. The Kier molecular flexibility index (Phi) is 3.29. The first-order valence-corrected chi connectivity index (χ1v) is 6.37. The smallest absolute Gasteiger partial charge is 0.241 e. The average Bonchev–Trinajstić information content (AvgIpc) is 3.13. The Balaban J connectivity index is 1.67. The fourth-order valence-electron chi connectivity index (χ4n) is 2.20. The predicted octanol–water partition coefficient (Wildman–Crippen LogP) is 2.03. The quantitative estimate of drug-likeness (QED) is 0.883. The zero-order valence-electron chi connectivity index (χ0n) is 10.4. The van der Waals surface area contributed by atoms with E-state index in [4.69, 9.17) is 4.42 Å². The van der Waals surface area contributed by atoms with E-state index in [0.717, 1.165) is 30.6 Å². The van der Waals surface area contributed by atoms with E-state index in [1.54, 1.807) is 6.20 Å². The second kappa shape index (κ2) is 5.24. The van der Waals surface area contributed by atoms with Gasteiger partial charge in [0.1, 0.15) is 6.26 Å². The molecule has 1 amide bonds. The molecule has 0 bridgehead atoms. The molecule has 0 aliphatic carbocycles. The summed E-state index contributed by atoms with van der Waals surface area (Å²) in [4.78, 5) is 16.0. The molecular formula is C14H15N3O2. The minimum atomic E-state index is -0.0635. The Hall–Kier alpha value is -2.14. The van der Waals surface area contributed by atoms with Crippen molar-refractivity contribution in [3.63, 3.8) is 0 Å². The molecule has 1 aliphatic rings. The molecule has 3 rings (SSSR count). The third kappa shape index (κ3) is 2.66. The molecule has 1 aromatic carbocycles. The lowest BCUT2D eigenvalue weighted by atomic mass is 10.2. The molecule has 1 aromatic heterocycles. The Morgan fingerprint density at radius 3 is 2.84 bits per heavy atom. The Morgan fingerprint density at radius 1 is 1.37 bits per heavy atom. The number of amides is 1. The van der Waals surface area contributed by atoms with E-state index in [2.05, 4.69) is 15.6 Å². The molecule has 98 valence electrons. The molecule has 5 nitrogen and oxygen atoms in total. The minimum absolute atomic E-state index is 0.0290. The van der Waals surface area contributed by atoms with E-state index in [1.807, 2.05) is 24.3 Å². The summed E-state index contributed by atoms with van der Waals surface area (Å²) in [6, 6.07) is 7.40. The van der Waals surface area contributed by atoms with Crippen LogP contribution in [-0.4, -0.2) is 23.5 Å². The molecular weight excluding hydrogens is 242 g/mol. The van der Waals surface area contributed by atoms with Crippen molar-refractivity contribution in [2.75, 3.05) is 11.9 Å². The van der Waals surface area contributed by atoms with Crippen LogP contribution in [0.15, 0.2) is 41.1 Å². The van der Waals surface area contributed by atoms with E-state index in [9.17, 15) is 4.79 Å². The zero-order valence-corrected chi connectivity index (χ0v) is 10.4. The highest BCUT2D eigenvalue weighted by Gasteiger charge is 2.21. The number of hydrogen-bond acceptors (Lipinski definition) is 4. The maximum absolute atomic E-state index is 11.9. The van der Waals surface area contributed by atoms with Crippen molar-refractivity contribution in [1.29, 1.82) is 0 Å². The number of carbonyl (C=O) groups is 1. The lowest BCUT2D eigenvalue weighted by Crippen LogP contribution is -2.35. The van der Waals surface area contributed by atoms with Crippen LogP contribution in [0.2, 0.25) is 0 Å². The first kappa shape index (κ1) is 11.9. The van der Waals surface area contributed by atoms with Gasteiger partial charge < -0.3 is 15.1 Å². The van der Waals surface area contributed by atoms with Crippen molar-refractivity contribution in [3.05, 3.63) is 36.7 Å². The molecule has 2 heterocycles. The highest BCUT2D eigenvalue weighted by Crippen LogP contribution is 2.19. The summed E-state index contributed by atoms with van der Waals surface area (Å²) in [5.74, 6) is 0.608. The summed E-state index contributed by atoms with van der Waals surface area (Å²) < 4.78 is 5.21. The Morgan fingerprint density at radius 2 is 2.21 bits per heavy atom. The maximum Gasteiger partial charge on any atom is 0.241 e. The number of oxazole rings is 1. The highest BCUT2D eigenvalue weighted by atomic mass is 16.3. The van der Waals surface area contributed by atoms with Gasteiger partial charge in [0.05, 0.1) is 12.2 Å². The van der Waals surface area contributed by atoms with Crippen molar-refractivity contribution in [1.82, 2.24) is 10.3 Å². The first-order valence-electron chi connectivity index (χ1n) is 6.37. The molecule has 2 aromatic rings. The molecule has 1 fully saturated rings. The van der Waals surface area contributed by atoms with Crippen molar-refractivity contribution in [2.24, 2.45) is 0 Å². The maximum atomic E-state index is 11.9. The van der Waals surface area contributed by atoms with Crippen molar-refractivity contribution < 1.29 is 9.21 Å². The molecule has 1 saturated heterocycles. The number of hydrogen-bond donors (Lipinski definition) is 2. The van der Waals surface area contributed by atoms with Crippen LogP contribution in [0.5, 0.6) is 0 Å². The van der Waals surface area contributed by atoms with Gasteiger partial charge in [0, 0.05) is 11.3 Å². The van der Waals surface area contributed by atoms with Crippen LogP contribution in [0, 0.1) is 0 Å². The van der Waals surface area contributed by atoms with Crippen LogP contribution < -0.4 is 10.6 Å². The first-order chi connectivity index (χ1) is 9.33. The third-order valence-corrected chi connectivity index (χ3v) is 3.21. The molecule has 1 aliphatic heterocycles. The fourth-order valence-corrected chi connectivity index (χ4v) is 2.20. The van der Waals surface area contributed by atoms with Gasteiger partial charge in [0.25, 0.3) is 0 Å². The van der Waals surface area contributed by atoms with Gasteiger partial charge in [-0.3, -0.25) is 4.79 Å². The van der Waals surface area contributed by atoms with Crippen LogP contribution >= 0.6 is 0 Å². The number of nitrogens with zero attached hydrogens (tertiary/aromatic N) is 1. The molecule has 19 heavy (non-hydrogen) atoms. The number of anilines is 1. The number of aromatic nitrogens is 1. The van der Waals surface area contributed by atoms with Gasteiger partial charge in [-0.05, 0) is 43.7 Å². The lowest BCUT2D eigenvalue weighted by molar-refractivity contribution is -0.117. The molecule has 0 unspecified atom stereocenters. The van der Waals surface area contributed by atoms with Crippen LogP contribution in [0.25, 0.3) is 11.5 Å². The van der Waals surface area contributed by atoms with Gasteiger partial charge in [-0.25, -0.2) is 4.98 Å². The molecule has 1 atom stereocenters. The molecule has 0 spiro atoms. The number of rotatable bonds is 3. The standard InChI is InChI=1S/C14H15N3O2/c18-13(12-2-1-7-15-12)17-11-5-3-10(4-6-11)14-16-8-9-19-14/h3-6,8-9,12,15H,1-2,7H2,(H,17,18)/t12-/m1/s1. The van der Waals surface area contributed by atoms with Crippen LogP contribution in [0.3, 0.4) is 0 Å². The van der Waals surface area contributed by atoms with Crippen molar-refractivity contribution in [2.45, 2.75) is 18.9 Å². The van der Waals surface area contributed by atoms with Crippen molar-refractivity contribution in [3.8, 4) is 11.5 Å². The van der Waals surface area contributed by atoms with E-state index in [-0.39, 0.29) is 11.9 Å². The Labute approximate surface area is 111 Å². The monoisotopic (exact) mass is 257 g/mol. The second-order valence-corrected chi connectivity index (χ2v) is 4.55. The summed E-state index contributed by atoms with van der Waals surface area (Å²) in [6.07, 6.45) is 5.11. The van der Waals surface area contributed by atoms with E-state index < -0.39 is 0 Å². The van der Waals surface area contributed by atoms with E-state index in [0.29, 0.717) is 5.89 Å². The summed E-state index contributed by atoms with van der Waals surface area (Å²) in [6.45, 7) is 0.918. The zero-order chi connectivity index (χ0) is 13.1. The predicted molar refractivity (Wildman–Crippen MR) is 71.6 cm³/mol.